The van der Waals surface area contributed by atoms with Gasteiger partial charge in [-0.25, -0.2) is 0 Å². The molecule has 0 saturated carbocycles. The molecule has 1 aliphatic heterocycles. The van der Waals surface area contributed by atoms with E-state index < -0.39 is 39.0 Å². The molecule has 15 heavy (non-hydrogen) atoms. The van der Waals surface area contributed by atoms with Crippen LogP contribution in [-0.2, 0) is 13.8 Å². The number of rotatable bonds is 3. The molecule has 0 aliphatic carbocycles. The van der Waals surface area contributed by atoms with Gasteiger partial charge >= 0.3 is 48.9 Å². The fraction of sp³-hybridized carbons (Fsp3) is 1.00. The second-order valence-electron chi connectivity index (χ2n) is 2.76. The Morgan fingerprint density at radius 2 is 1.87 bits per heavy atom. The van der Waals surface area contributed by atoms with Crippen molar-refractivity contribution >= 4 is 56.7 Å². The van der Waals surface area contributed by atoms with Crippen molar-refractivity contribution in [3.63, 3.8) is 0 Å². The SMILES string of the molecule is O=P([O-])([O-])OC1O[C@H](CO)[C@@H](O)[C@H]1O.[Ba+2]. The summed E-state index contributed by atoms with van der Waals surface area (Å²) in [6.45, 7) is -0.625. The van der Waals surface area contributed by atoms with Gasteiger partial charge in [0.05, 0.1) is 14.4 Å². The van der Waals surface area contributed by atoms with Crippen molar-refractivity contribution in [3.05, 3.63) is 0 Å². The number of ether oxygens (including phenoxy) is 1. The first-order valence-electron chi connectivity index (χ1n) is 3.68. The van der Waals surface area contributed by atoms with Gasteiger partial charge < -0.3 is 38.9 Å². The second-order valence-corrected chi connectivity index (χ2v) is 3.86. The van der Waals surface area contributed by atoms with Crippen LogP contribution in [0.2, 0.25) is 0 Å². The minimum Gasteiger partial charge on any atom is -0.790 e. The first kappa shape index (κ1) is 16.5. The van der Waals surface area contributed by atoms with Gasteiger partial charge in [-0.2, -0.15) is 0 Å². The topological polar surface area (TPSA) is 142 Å². The Kier molecular flexibility index (Phi) is 7.11. The molecule has 0 aromatic rings. The first-order valence-corrected chi connectivity index (χ1v) is 5.14. The van der Waals surface area contributed by atoms with Crippen molar-refractivity contribution in [2.45, 2.75) is 24.6 Å². The maximum atomic E-state index is 10.1. The van der Waals surface area contributed by atoms with Crippen LogP contribution in [0.5, 0.6) is 0 Å². The Morgan fingerprint density at radius 3 is 2.20 bits per heavy atom. The standard InChI is InChI=1S/C5H11O8P.Ba/c6-1-2-3(7)4(8)5(12-2)13-14(9,10)11;/h2-8H,1H2,(H2,9,10,11);/q;+2/p-2/t2-,3-,4-,5?;/m1./s1. The van der Waals surface area contributed by atoms with E-state index in [1.165, 1.54) is 0 Å². The quantitative estimate of drug-likeness (QED) is 0.338. The second kappa shape index (κ2) is 6.45. The van der Waals surface area contributed by atoms with E-state index in [9.17, 15) is 14.4 Å². The minimum atomic E-state index is -5.29. The summed E-state index contributed by atoms with van der Waals surface area (Å²) in [5, 5.41) is 26.8. The monoisotopic (exact) mass is 366 g/mol. The van der Waals surface area contributed by atoms with Crippen LogP contribution in [0.3, 0.4) is 0 Å². The van der Waals surface area contributed by atoms with Crippen molar-refractivity contribution in [1.29, 1.82) is 0 Å². The molecule has 10 heteroatoms. The number of phosphoric ester groups is 1. The van der Waals surface area contributed by atoms with Crippen LogP contribution in [0.25, 0.3) is 0 Å². The molecule has 3 N–H and O–H groups in total. The van der Waals surface area contributed by atoms with E-state index in [1.807, 2.05) is 0 Å². The van der Waals surface area contributed by atoms with Crippen LogP contribution >= 0.6 is 7.82 Å². The number of aliphatic hydroxyl groups excluding tert-OH is 3. The summed E-state index contributed by atoms with van der Waals surface area (Å²) in [5.74, 6) is 0. The molecule has 0 spiro atoms. The van der Waals surface area contributed by atoms with Crippen LogP contribution < -0.4 is 9.79 Å². The van der Waals surface area contributed by atoms with E-state index in [4.69, 9.17) is 15.3 Å². The molecule has 4 atom stereocenters. The Labute approximate surface area is 126 Å². The van der Waals surface area contributed by atoms with E-state index in [-0.39, 0.29) is 48.9 Å². The molecule has 1 rings (SSSR count). The molecule has 1 saturated heterocycles. The van der Waals surface area contributed by atoms with Gasteiger partial charge in [0.2, 0.25) is 0 Å². The zero-order valence-electron chi connectivity index (χ0n) is 7.55. The van der Waals surface area contributed by atoms with Crippen molar-refractivity contribution < 1.29 is 38.9 Å². The Bertz CT molecular complexity index is 243. The molecule has 1 aliphatic rings. The zero-order valence-corrected chi connectivity index (χ0v) is 12.9. The number of hydrogen-bond acceptors (Lipinski definition) is 8. The molecule has 1 fully saturated rings. The molecule has 0 aromatic heterocycles. The van der Waals surface area contributed by atoms with Gasteiger partial charge in [0.15, 0.2) is 6.29 Å². The summed E-state index contributed by atoms with van der Waals surface area (Å²) in [5.41, 5.74) is 0. The predicted octanol–water partition coefficient (Wildman–Crippen LogP) is -4.11. The minimum absolute atomic E-state index is 0. The fourth-order valence-corrected chi connectivity index (χ4v) is 1.51. The third kappa shape index (κ3) is 4.72. The summed E-state index contributed by atoms with van der Waals surface area (Å²) in [6, 6.07) is 0. The van der Waals surface area contributed by atoms with Gasteiger partial charge in [0.1, 0.15) is 18.3 Å². The maximum Gasteiger partial charge on any atom is 2.00 e. The molecule has 1 heterocycles. The van der Waals surface area contributed by atoms with Gasteiger partial charge in [0, 0.05) is 0 Å². The third-order valence-electron chi connectivity index (χ3n) is 1.73. The van der Waals surface area contributed by atoms with Crippen LogP contribution in [0, 0.1) is 0 Å². The van der Waals surface area contributed by atoms with Crippen LogP contribution in [0.15, 0.2) is 0 Å². The molecule has 0 amide bonds. The summed E-state index contributed by atoms with van der Waals surface area (Å²) in [7, 11) is -5.29. The van der Waals surface area contributed by atoms with Crippen molar-refractivity contribution in [2.75, 3.05) is 6.61 Å². The molecule has 0 radical (unpaired) electrons. The van der Waals surface area contributed by atoms with Gasteiger partial charge in [0.25, 0.3) is 0 Å². The van der Waals surface area contributed by atoms with E-state index in [2.05, 4.69) is 9.26 Å². The Morgan fingerprint density at radius 1 is 1.33 bits per heavy atom. The number of hydrogen-bond donors (Lipinski definition) is 3. The van der Waals surface area contributed by atoms with Crippen LogP contribution in [0.4, 0.5) is 0 Å². The third-order valence-corrected chi connectivity index (χ3v) is 2.20. The smallest absolute Gasteiger partial charge is 0.790 e. The summed E-state index contributed by atoms with van der Waals surface area (Å²) in [4.78, 5) is 20.3. The van der Waals surface area contributed by atoms with Crippen molar-refractivity contribution in [2.24, 2.45) is 0 Å². The van der Waals surface area contributed by atoms with Gasteiger partial charge in [-0.1, -0.05) is 0 Å². The van der Waals surface area contributed by atoms with Crippen molar-refractivity contribution in [3.8, 4) is 0 Å². The normalized spacial score (nSPS) is 36.3. The summed E-state index contributed by atoms with van der Waals surface area (Å²) in [6.07, 6.45) is -6.09. The molecular weight excluding hydrogens is 356 g/mol. The van der Waals surface area contributed by atoms with E-state index in [0.29, 0.717) is 0 Å². The number of phosphoric acid groups is 1. The van der Waals surface area contributed by atoms with Crippen molar-refractivity contribution in [1.82, 2.24) is 0 Å². The predicted molar refractivity (Wildman–Crippen MR) is 42.2 cm³/mol. The number of aliphatic hydroxyl groups is 3. The van der Waals surface area contributed by atoms with Gasteiger partial charge in [-0.15, -0.1) is 0 Å². The van der Waals surface area contributed by atoms with E-state index in [0.717, 1.165) is 0 Å². The van der Waals surface area contributed by atoms with E-state index >= 15 is 0 Å². The fourth-order valence-electron chi connectivity index (χ4n) is 1.08. The van der Waals surface area contributed by atoms with Crippen LogP contribution in [0.1, 0.15) is 0 Å². The maximum absolute atomic E-state index is 10.1. The average Bonchev–Trinajstić information content (AvgIpc) is 2.30. The molecule has 8 nitrogen and oxygen atoms in total. The molecule has 1 unspecified atom stereocenters. The Hall–Kier alpha value is 1.52. The largest absolute Gasteiger partial charge is 2.00 e. The molecular formula is C5H9BaO8P. The van der Waals surface area contributed by atoms with E-state index in [1.54, 1.807) is 0 Å². The van der Waals surface area contributed by atoms with Gasteiger partial charge in [-0.3, -0.25) is 0 Å². The van der Waals surface area contributed by atoms with Gasteiger partial charge in [-0.05, 0) is 0 Å². The first-order chi connectivity index (χ1) is 6.35. The molecule has 0 aromatic carbocycles. The molecule has 84 valence electrons. The summed E-state index contributed by atoms with van der Waals surface area (Å²) < 4.78 is 18.5. The average molecular weight is 365 g/mol. The Balaban J connectivity index is 0.00000196. The molecule has 0 bridgehead atoms. The zero-order chi connectivity index (χ0) is 10.9. The van der Waals surface area contributed by atoms with Crippen LogP contribution in [-0.4, -0.2) is 95.4 Å². The summed E-state index contributed by atoms with van der Waals surface area (Å²) >= 11 is 0.